The number of hydrogen-bond donors (Lipinski definition) is 1. The Hall–Kier alpha value is -1.69. The van der Waals surface area contributed by atoms with Gasteiger partial charge in [0, 0.05) is 43.7 Å². The third kappa shape index (κ3) is 3.44. The van der Waals surface area contributed by atoms with E-state index in [1.807, 2.05) is 0 Å². The highest BCUT2D eigenvalue weighted by Crippen LogP contribution is 2.39. The number of aryl methyl sites for hydroxylation is 1. The summed E-state index contributed by atoms with van der Waals surface area (Å²) in [5.74, 6) is 2.47. The summed E-state index contributed by atoms with van der Waals surface area (Å²) < 4.78 is 5.56. The third-order valence-electron chi connectivity index (χ3n) is 6.54. The summed E-state index contributed by atoms with van der Waals surface area (Å²) >= 11 is 0. The molecule has 1 aromatic heterocycles. The largest absolute Gasteiger partial charge is 0.393 e. The highest BCUT2D eigenvalue weighted by molar-refractivity contribution is 5.82. The van der Waals surface area contributed by atoms with E-state index in [-0.39, 0.29) is 6.10 Å². The zero-order chi connectivity index (χ0) is 18.4. The monoisotopic (exact) mass is 367 g/mol. The Morgan fingerprint density at radius 2 is 1.85 bits per heavy atom. The molecule has 3 atom stereocenters. The number of rotatable bonds is 3. The molecule has 0 amide bonds. The molecule has 5 nitrogen and oxygen atoms in total. The normalized spacial score (nSPS) is 28.8. The average molecular weight is 367 g/mol. The lowest BCUT2D eigenvalue weighted by Gasteiger charge is -2.31. The van der Waals surface area contributed by atoms with Crippen molar-refractivity contribution in [1.82, 2.24) is 9.88 Å². The number of fused-ring (bicyclic) bond motifs is 2. The summed E-state index contributed by atoms with van der Waals surface area (Å²) in [4.78, 5) is 10.1. The standard InChI is InChI=1S/C22H29N3O2/c1-15-2-3-16-9-19(14-24-12-17-10-20(26)11-18(17)13-24)22(23-21(16)8-15)25-4-6-27-7-5-25/h2-3,8-9,17-18,20,26H,4-7,10-14H2,1H3/t17-,18+,20?. The van der Waals surface area contributed by atoms with Crippen LogP contribution < -0.4 is 4.90 Å². The molecule has 0 bridgehead atoms. The summed E-state index contributed by atoms with van der Waals surface area (Å²) in [5, 5.41) is 11.1. The fourth-order valence-corrected chi connectivity index (χ4v) is 5.21. The number of benzene rings is 1. The summed E-state index contributed by atoms with van der Waals surface area (Å²) in [6.07, 6.45) is 1.89. The van der Waals surface area contributed by atoms with E-state index in [1.54, 1.807) is 0 Å². The first-order valence-corrected chi connectivity index (χ1v) is 10.3. The second-order valence-corrected chi connectivity index (χ2v) is 8.61. The van der Waals surface area contributed by atoms with Gasteiger partial charge in [0.25, 0.3) is 0 Å². The number of aromatic nitrogens is 1. The SMILES string of the molecule is Cc1ccc2cc(CN3C[C@H]4CC(O)C[C@H]4C3)c(N3CCOCC3)nc2c1. The van der Waals surface area contributed by atoms with E-state index < -0.39 is 0 Å². The van der Waals surface area contributed by atoms with Crippen molar-refractivity contribution in [2.24, 2.45) is 11.8 Å². The quantitative estimate of drug-likeness (QED) is 0.904. The summed E-state index contributed by atoms with van der Waals surface area (Å²) in [6, 6.07) is 8.89. The van der Waals surface area contributed by atoms with Crippen LogP contribution >= 0.6 is 0 Å². The summed E-state index contributed by atoms with van der Waals surface area (Å²) in [7, 11) is 0. The molecule has 5 rings (SSSR count). The topological polar surface area (TPSA) is 48.8 Å². The lowest BCUT2D eigenvalue weighted by atomic mass is 10.0. The van der Waals surface area contributed by atoms with Gasteiger partial charge in [-0.2, -0.15) is 0 Å². The van der Waals surface area contributed by atoms with Crippen molar-refractivity contribution in [2.45, 2.75) is 32.4 Å². The van der Waals surface area contributed by atoms with Crippen LogP contribution in [0.4, 0.5) is 5.82 Å². The Balaban J connectivity index is 1.45. The smallest absolute Gasteiger partial charge is 0.133 e. The molecule has 1 aliphatic carbocycles. The number of likely N-dealkylation sites (tertiary alicyclic amines) is 1. The molecule has 3 heterocycles. The van der Waals surface area contributed by atoms with Gasteiger partial charge in [-0.15, -0.1) is 0 Å². The fraction of sp³-hybridized carbons (Fsp3) is 0.591. The second-order valence-electron chi connectivity index (χ2n) is 8.61. The van der Waals surface area contributed by atoms with Crippen molar-refractivity contribution in [3.05, 3.63) is 35.4 Å². The summed E-state index contributed by atoms with van der Waals surface area (Å²) in [6.45, 7) is 8.67. The van der Waals surface area contributed by atoms with E-state index in [0.29, 0.717) is 11.8 Å². The number of pyridine rings is 1. The molecule has 144 valence electrons. The van der Waals surface area contributed by atoms with E-state index in [0.717, 1.165) is 70.1 Å². The first-order valence-electron chi connectivity index (χ1n) is 10.3. The molecule has 2 aromatic rings. The van der Waals surface area contributed by atoms with E-state index >= 15 is 0 Å². The van der Waals surface area contributed by atoms with Crippen LogP contribution in [0.25, 0.3) is 10.9 Å². The molecule has 2 aliphatic heterocycles. The van der Waals surface area contributed by atoms with Gasteiger partial charge < -0.3 is 14.7 Å². The van der Waals surface area contributed by atoms with E-state index in [9.17, 15) is 5.11 Å². The molecule has 3 aliphatic rings. The van der Waals surface area contributed by atoms with Gasteiger partial charge in [-0.1, -0.05) is 12.1 Å². The molecule has 27 heavy (non-hydrogen) atoms. The van der Waals surface area contributed by atoms with Crippen LogP contribution in [0.1, 0.15) is 24.0 Å². The van der Waals surface area contributed by atoms with Gasteiger partial charge in [0.05, 0.1) is 24.8 Å². The van der Waals surface area contributed by atoms with Gasteiger partial charge in [0.1, 0.15) is 5.82 Å². The van der Waals surface area contributed by atoms with Gasteiger partial charge in [0.2, 0.25) is 0 Å². The van der Waals surface area contributed by atoms with Gasteiger partial charge in [-0.25, -0.2) is 4.98 Å². The number of morpholine rings is 1. The Labute approximate surface area is 160 Å². The Morgan fingerprint density at radius 1 is 1.11 bits per heavy atom. The number of hydrogen-bond acceptors (Lipinski definition) is 5. The molecule has 1 N–H and O–H groups in total. The zero-order valence-corrected chi connectivity index (χ0v) is 16.1. The van der Waals surface area contributed by atoms with Crippen LogP contribution in [0.15, 0.2) is 24.3 Å². The highest BCUT2D eigenvalue weighted by Gasteiger charge is 2.40. The predicted octanol–water partition coefficient (Wildman–Crippen LogP) is 2.58. The number of anilines is 1. The van der Waals surface area contributed by atoms with Crippen LogP contribution in [-0.2, 0) is 11.3 Å². The average Bonchev–Trinajstić information content (AvgIpc) is 3.18. The maximum Gasteiger partial charge on any atom is 0.133 e. The summed E-state index contributed by atoms with van der Waals surface area (Å²) in [5.41, 5.74) is 3.66. The van der Waals surface area contributed by atoms with E-state index in [4.69, 9.17) is 9.72 Å². The van der Waals surface area contributed by atoms with Crippen LogP contribution in [-0.4, -0.2) is 60.5 Å². The van der Waals surface area contributed by atoms with Crippen LogP contribution in [0, 0.1) is 18.8 Å². The van der Waals surface area contributed by atoms with E-state index in [2.05, 4.69) is 41.0 Å². The second kappa shape index (κ2) is 7.04. The Bertz CT molecular complexity index is 820. The number of aliphatic hydroxyl groups is 1. The lowest BCUT2D eigenvalue weighted by Crippen LogP contribution is -2.38. The minimum Gasteiger partial charge on any atom is -0.393 e. The molecular weight excluding hydrogens is 338 g/mol. The number of ether oxygens (including phenoxy) is 1. The molecule has 3 fully saturated rings. The molecule has 1 saturated carbocycles. The minimum atomic E-state index is -0.0726. The molecule has 0 radical (unpaired) electrons. The molecule has 1 aromatic carbocycles. The van der Waals surface area contributed by atoms with Gasteiger partial charge >= 0.3 is 0 Å². The predicted molar refractivity (Wildman–Crippen MR) is 107 cm³/mol. The van der Waals surface area contributed by atoms with Crippen molar-refractivity contribution in [3.8, 4) is 0 Å². The Kier molecular flexibility index (Phi) is 4.54. The molecule has 0 spiro atoms. The fourth-order valence-electron chi connectivity index (χ4n) is 5.21. The first-order chi connectivity index (χ1) is 13.2. The van der Waals surface area contributed by atoms with Crippen molar-refractivity contribution in [3.63, 3.8) is 0 Å². The number of aliphatic hydroxyl groups excluding tert-OH is 1. The number of nitrogens with zero attached hydrogens (tertiary/aromatic N) is 3. The van der Waals surface area contributed by atoms with Gasteiger partial charge in [-0.05, 0) is 49.3 Å². The van der Waals surface area contributed by atoms with E-state index in [1.165, 1.54) is 16.5 Å². The van der Waals surface area contributed by atoms with Crippen LogP contribution in [0.3, 0.4) is 0 Å². The molecular formula is C22H29N3O2. The zero-order valence-electron chi connectivity index (χ0n) is 16.1. The van der Waals surface area contributed by atoms with Crippen molar-refractivity contribution >= 4 is 16.7 Å². The Morgan fingerprint density at radius 3 is 2.59 bits per heavy atom. The molecule has 1 unspecified atom stereocenters. The van der Waals surface area contributed by atoms with Gasteiger partial charge in [-0.3, -0.25) is 4.90 Å². The van der Waals surface area contributed by atoms with Gasteiger partial charge in [0.15, 0.2) is 0 Å². The molecule has 2 saturated heterocycles. The van der Waals surface area contributed by atoms with Crippen LogP contribution in [0.5, 0.6) is 0 Å². The van der Waals surface area contributed by atoms with Crippen LogP contribution in [0.2, 0.25) is 0 Å². The first kappa shape index (κ1) is 17.4. The highest BCUT2D eigenvalue weighted by atomic mass is 16.5. The minimum absolute atomic E-state index is 0.0726. The van der Waals surface area contributed by atoms with Crippen molar-refractivity contribution in [1.29, 1.82) is 0 Å². The third-order valence-corrected chi connectivity index (χ3v) is 6.54. The maximum atomic E-state index is 9.92. The maximum absolute atomic E-state index is 9.92. The molecule has 5 heteroatoms. The lowest BCUT2D eigenvalue weighted by molar-refractivity contribution is 0.122. The van der Waals surface area contributed by atoms with Crippen molar-refractivity contribution in [2.75, 3.05) is 44.3 Å². The van der Waals surface area contributed by atoms with Crippen molar-refractivity contribution < 1.29 is 9.84 Å².